The normalized spacial score (nSPS) is 13.5. The Labute approximate surface area is 180 Å². The van der Waals surface area contributed by atoms with Gasteiger partial charge in [0, 0.05) is 17.0 Å². The Morgan fingerprint density at radius 2 is 1.29 bits per heavy atom. The first-order valence-electron chi connectivity index (χ1n) is 11.0. The highest BCUT2D eigenvalue weighted by molar-refractivity contribution is 6.19. The van der Waals surface area contributed by atoms with E-state index in [1.807, 2.05) is 0 Å². The smallest absolute Gasteiger partial charge is 0.0541 e. The monoisotopic (exact) mass is 393 g/mol. The van der Waals surface area contributed by atoms with Gasteiger partial charge >= 0.3 is 0 Å². The van der Waals surface area contributed by atoms with Gasteiger partial charge in [0.1, 0.15) is 0 Å². The van der Waals surface area contributed by atoms with Crippen molar-refractivity contribution in [3.8, 4) is 22.3 Å². The molecular weight excluding hydrogens is 374 g/mol. The van der Waals surface area contributed by atoms with Crippen molar-refractivity contribution < 1.29 is 0 Å². The molecule has 0 saturated carbocycles. The van der Waals surface area contributed by atoms with E-state index in [2.05, 4.69) is 95.5 Å². The number of hydrogen-bond acceptors (Lipinski definition) is 0. The molecule has 2 aliphatic carbocycles. The second-order valence-corrected chi connectivity index (χ2v) is 8.98. The highest BCUT2D eigenvalue weighted by Crippen LogP contribution is 2.46. The first-order valence-corrected chi connectivity index (χ1v) is 11.0. The summed E-state index contributed by atoms with van der Waals surface area (Å²) >= 11 is 0. The van der Waals surface area contributed by atoms with Gasteiger partial charge in [-0.1, -0.05) is 60.7 Å². The van der Waals surface area contributed by atoms with E-state index in [9.17, 15) is 0 Å². The molecule has 0 N–H and O–H groups in total. The van der Waals surface area contributed by atoms with Crippen molar-refractivity contribution in [1.82, 2.24) is 4.40 Å². The number of rotatable bonds is 0. The van der Waals surface area contributed by atoms with Gasteiger partial charge in [0.15, 0.2) is 0 Å². The highest BCUT2D eigenvalue weighted by Gasteiger charge is 2.25. The van der Waals surface area contributed by atoms with Crippen LogP contribution in [0.3, 0.4) is 0 Å². The minimum atomic E-state index is 1.03. The van der Waals surface area contributed by atoms with Crippen LogP contribution in [0.5, 0.6) is 0 Å². The van der Waals surface area contributed by atoms with Crippen molar-refractivity contribution in [3.05, 3.63) is 113 Å². The fourth-order valence-corrected chi connectivity index (χ4v) is 6.10. The molecule has 8 rings (SSSR count). The Bertz CT molecular complexity index is 1730. The fraction of sp³-hybridized carbons (Fsp3) is 0.0667. The van der Waals surface area contributed by atoms with Crippen LogP contribution >= 0.6 is 0 Å². The number of fused-ring (bicyclic) bond motifs is 13. The first-order chi connectivity index (χ1) is 15.4. The number of nitrogens with zero attached hydrogens (tertiary/aromatic N) is 1. The Morgan fingerprint density at radius 1 is 0.516 bits per heavy atom. The number of pyridine rings is 1. The SMILES string of the molecule is c1ccc2c(c1)Cc1cc3c4ccc5c(c4c4cccn4c3cc1-2)-c1ccccc1C5. The summed E-state index contributed by atoms with van der Waals surface area (Å²) in [6.45, 7) is 0. The lowest BCUT2D eigenvalue weighted by atomic mass is 9.93. The van der Waals surface area contributed by atoms with Gasteiger partial charge in [-0.2, -0.15) is 0 Å². The van der Waals surface area contributed by atoms with Crippen molar-refractivity contribution in [2.45, 2.75) is 12.8 Å². The molecule has 144 valence electrons. The summed E-state index contributed by atoms with van der Waals surface area (Å²) in [7, 11) is 0. The van der Waals surface area contributed by atoms with Crippen LogP contribution in [0.1, 0.15) is 22.3 Å². The Morgan fingerprint density at radius 3 is 2.19 bits per heavy atom. The lowest BCUT2D eigenvalue weighted by Gasteiger charge is -2.15. The van der Waals surface area contributed by atoms with Crippen LogP contribution in [0.25, 0.3) is 49.4 Å². The Kier molecular flexibility index (Phi) is 2.80. The maximum atomic E-state index is 2.46. The van der Waals surface area contributed by atoms with Gasteiger partial charge in [0.05, 0.1) is 11.0 Å². The van der Waals surface area contributed by atoms with Gasteiger partial charge in [-0.05, 0) is 87.0 Å². The van der Waals surface area contributed by atoms with Gasteiger partial charge in [0.25, 0.3) is 0 Å². The molecule has 1 heteroatoms. The number of benzene rings is 4. The summed E-state index contributed by atoms with van der Waals surface area (Å²) in [4.78, 5) is 0. The van der Waals surface area contributed by atoms with E-state index in [0.717, 1.165) is 12.8 Å². The van der Waals surface area contributed by atoms with Crippen LogP contribution in [0, 0.1) is 0 Å². The third-order valence-corrected chi connectivity index (χ3v) is 7.42. The summed E-state index contributed by atoms with van der Waals surface area (Å²) in [5.74, 6) is 0. The van der Waals surface area contributed by atoms with Gasteiger partial charge in [-0.3, -0.25) is 0 Å². The Hall–Kier alpha value is -3.84. The molecule has 2 aromatic heterocycles. The average Bonchev–Trinajstić information content (AvgIpc) is 3.52. The highest BCUT2D eigenvalue weighted by atomic mass is 14.9. The Balaban J connectivity index is 1.56. The summed E-state index contributed by atoms with van der Waals surface area (Å²) in [5.41, 5.74) is 14.0. The topological polar surface area (TPSA) is 4.41 Å². The van der Waals surface area contributed by atoms with E-state index < -0.39 is 0 Å². The molecule has 0 saturated heterocycles. The van der Waals surface area contributed by atoms with Crippen molar-refractivity contribution in [2.75, 3.05) is 0 Å². The lowest BCUT2D eigenvalue weighted by Crippen LogP contribution is -1.94. The zero-order chi connectivity index (χ0) is 20.1. The lowest BCUT2D eigenvalue weighted by molar-refractivity contribution is 1.25. The van der Waals surface area contributed by atoms with Crippen LogP contribution in [0.4, 0.5) is 0 Å². The molecule has 0 bridgehead atoms. The molecule has 0 radical (unpaired) electrons. The molecule has 0 spiro atoms. The zero-order valence-electron chi connectivity index (χ0n) is 17.0. The number of aromatic nitrogens is 1. The number of hydrogen-bond donors (Lipinski definition) is 0. The van der Waals surface area contributed by atoms with Crippen molar-refractivity contribution in [3.63, 3.8) is 0 Å². The maximum Gasteiger partial charge on any atom is 0.0541 e. The molecule has 4 aromatic carbocycles. The standard InChI is InChI=1S/C30H19N/c1-3-8-22-18(6-1)15-21-16-26-24-12-11-20-14-19-7-2-4-9-23(19)29(20)30(24)27-10-5-13-31(27)28(26)17-25(21)22/h1-13,16-17H,14-15H2. The van der Waals surface area contributed by atoms with E-state index in [0.29, 0.717) is 0 Å². The fourth-order valence-electron chi connectivity index (χ4n) is 6.10. The first kappa shape index (κ1) is 15.9. The molecule has 2 aliphatic rings. The third kappa shape index (κ3) is 1.92. The van der Waals surface area contributed by atoms with Crippen LogP contribution in [-0.4, -0.2) is 4.40 Å². The molecule has 0 fully saturated rings. The minimum Gasteiger partial charge on any atom is -0.316 e. The summed E-state index contributed by atoms with van der Waals surface area (Å²) < 4.78 is 2.40. The molecule has 0 aliphatic heterocycles. The summed E-state index contributed by atoms with van der Waals surface area (Å²) in [6, 6.07) is 31.8. The van der Waals surface area contributed by atoms with Crippen LogP contribution in [0.2, 0.25) is 0 Å². The van der Waals surface area contributed by atoms with E-state index in [1.165, 1.54) is 71.7 Å². The van der Waals surface area contributed by atoms with Crippen molar-refractivity contribution in [1.29, 1.82) is 0 Å². The quantitative estimate of drug-likeness (QED) is 0.237. The molecule has 31 heavy (non-hydrogen) atoms. The van der Waals surface area contributed by atoms with Crippen LogP contribution < -0.4 is 0 Å². The van der Waals surface area contributed by atoms with Crippen molar-refractivity contribution >= 4 is 27.2 Å². The zero-order valence-corrected chi connectivity index (χ0v) is 17.0. The predicted octanol–water partition coefficient (Wildman–Crippen LogP) is 7.39. The van der Waals surface area contributed by atoms with Crippen LogP contribution in [0.15, 0.2) is 91.1 Å². The van der Waals surface area contributed by atoms with E-state index in [-0.39, 0.29) is 0 Å². The predicted molar refractivity (Wildman–Crippen MR) is 129 cm³/mol. The van der Waals surface area contributed by atoms with E-state index in [1.54, 1.807) is 0 Å². The van der Waals surface area contributed by atoms with Gasteiger partial charge < -0.3 is 4.40 Å². The van der Waals surface area contributed by atoms with Gasteiger partial charge in [0.2, 0.25) is 0 Å². The van der Waals surface area contributed by atoms with E-state index >= 15 is 0 Å². The summed E-state index contributed by atoms with van der Waals surface area (Å²) in [6.07, 6.45) is 4.29. The second-order valence-electron chi connectivity index (χ2n) is 8.98. The summed E-state index contributed by atoms with van der Waals surface area (Å²) in [5, 5.41) is 4.13. The maximum absolute atomic E-state index is 2.46. The molecule has 6 aromatic rings. The molecule has 1 nitrogen and oxygen atoms in total. The second kappa shape index (κ2) is 5.44. The third-order valence-electron chi connectivity index (χ3n) is 7.42. The molecule has 0 unspecified atom stereocenters. The minimum absolute atomic E-state index is 1.03. The largest absolute Gasteiger partial charge is 0.316 e. The van der Waals surface area contributed by atoms with Crippen molar-refractivity contribution in [2.24, 2.45) is 0 Å². The van der Waals surface area contributed by atoms with E-state index in [4.69, 9.17) is 0 Å². The molecule has 2 heterocycles. The van der Waals surface area contributed by atoms with Gasteiger partial charge in [-0.15, -0.1) is 0 Å². The molecule has 0 atom stereocenters. The van der Waals surface area contributed by atoms with Gasteiger partial charge in [-0.25, -0.2) is 0 Å². The van der Waals surface area contributed by atoms with Crippen LogP contribution in [-0.2, 0) is 12.8 Å². The molecule has 0 amide bonds. The molecular formula is C30H19N. The average molecular weight is 393 g/mol.